The number of amides is 2. The molecule has 1 rings (SSSR count). The van der Waals surface area contributed by atoms with Crippen LogP contribution in [0.5, 0.6) is 0 Å². The van der Waals surface area contributed by atoms with E-state index in [1.165, 1.54) is 5.01 Å². The Morgan fingerprint density at radius 1 is 1.40 bits per heavy atom. The number of nitrogens with zero attached hydrogens (tertiary/aromatic N) is 1. The first-order chi connectivity index (χ1) is 6.72. The predicted octanol–water partition coefficient (Wildman–Crippen LogP) is -0.661. The van der Waals surface area contributed by atoms with Crippen molar-refractivity contribution in [2.45, 2.75) is 18.9 Å². The Labute approximate surface area is 89.9 Å². The molecule has 0 aliphatic carbocycles. The smallest absolute Gasteiger partial charge is 0.329 e. The van der Waals surface area contributed by atoms with Crippen LogP contribution in [0.4, 0.5) is 4.79 Å². The second kappa shape index (κ2) is 3.97. The molecule has 0 radical (unpaired) electrons. The molecule has 1 aliphatic heterocycles. The Bertz CT molecular complexity index is 352. The first kappa shape index (κ1) is 12.3. The van der Waals surface area contributed by atoms with Crippen LogP contribution < -0.4 is 10.7 Å². The second-order valence-corrected chi connectivity index (χ2v) is 6.55. The fraction of sp³-hybridized carbons (Fsp3) is 0.875. The number of sulfone groups is 1. The van der Waals surface area contributed by atoms with E-state index in [0.717, 1.165) is 0 Å². The van der Waals surface area contributed by atoms with Crippen LogP contribution in [0.15, 0.2) is 0 Å². The van der Waals surface area contributed by atoms with Gasteiger partial charge >= 0.3 is 6.03 Å². The Balaban J connectivity index is 2.55. The van der Waals surface area contributed by atoms with Crippen molar-refractivity contribution in [3.05, 3.63) is 0 Å². The van der Waals surface area contributed by atoms with E-state index >= 15 is 0 Å². The number of hydrogen-bond donors (Lipinski definition) is 2. The molecule has 15 heavy (non-hydrogen) atoms. The minimum Gasteiger partial charge on any atom is -0.331 e. The van der Waals surface area contributed by atoms with Gasteiger partial charge in [0, 0.05) is 14.1 Å². The van der Waals surface area contributed by atoms with Crippen molar-refractivity contribution < 1.29 is 13.2 Å². The van der Waals surface area contributed by atoms with Gasteiger partial charge in [-0.3, -0.25) is 5.43 Å². The Kier molecular flexibility index (Phi) is 3.25. The van der Waals surface area contributed by atoms with Gasteiger partial charge in [0.2, 0.25) is 0 Å². The van der Waals surface area contributed by atoms with Crippen molar-refractivity contribution in [3.8, 4) is 0 Å². The summed E-state index contributed by atoms with van der Waals surface area (Å²) < 4.78 is 22.5. The molecule has 0 bridgehead atoms. The molecule has 0 saturated carbocycles. The fourth-order valence-corrected chi connectivity index (χ4v) is 3.71. The van der Waals surface area contributed by atoms with Gasteiger partial charge in [0.05, 0.1) is 17.0 Å². The molecule has 1 unspecified atom stereocenters. The third-order valence-electron chi connectivity index (χ3n) is 2.24. The predicted molar refractivity (Wildman–Crippen MR) is 57.0 cm³/mol. The highest BCUT2D eigenvalue weighted by atomic mass is 32.2. The number of hydrogen-bond acceptors (Lipinski definition) is 4. The number of nitrogens with one attached hydrogen (secondary N) is 2. The zero-order chi connectivity index (χ0) is 11.7. The Hall–Kier alpha value is -0.820. The number of rotatable bonds is 2. The van der Waals surface area contributed by atoms with Crippen LogP contribution in [0.25, 0.3) is 0 Å². The van der Waals surface area contributed by atoms with Gasteiger partial charge in [-0.1, -0.05) is 0 Å². The monoisotopic (exact) mass is 235 g/mol. The van der Waals surface area contributed by atoms with Crippen LogP contribution in [0, 0.1) is 0 Å². The van der Waals surface area contributed by atoms with E-state index in [9.17, 15) is 13.2 Å². The molecule has 0 aromatic carbocycles. The van der Waals surface area contributed by atoms with Crippen molar-refractivity contribution in [3.63, 3.8) is 0 Å². The molecule has 1 aliphatic rings. The van der Waals surface area contributed by atoms with E-state index in [0.29, 0.717) is 6.42 Å². The lowest BCUT2D eigenvalue weighted by atomic mass is 10.0. The average molecular weight is 235 g/mol. The highest BCUT2D eigenvalue weighted by Crippen LogP contribution is 2.22. The quantitative estimate of drug-likeness (QED) is 0.623. The van der Waals surface area contributed by atoms with E-state index in [-0.39, 0.29) is 17.5 Å². The molecule has 1 fully saturated rings. The summed E-state index contributed by atoms with van der Waals surface area (Å²) in [6.07, 6.45) is 0.468. The van der Waals surface area contributed by atoms with Crippen molar-refractivity contribution >= 4 is 15.9 Å². The van der Waals surface area contributed by atoms with E-state index in [1.54, 1.807) is 21.0 Å². The molecule has 1 atom stereocenters. The molecular weight excluding hydrogens is 218 g/mol. The summed E-state index contributed by atoms with van der Waals surface area (Å²) in [5.41, 5.74) is 1.87. The molecule has 0 aromatic heterocycles. The van der Waals surface area contributed by atoms with Crippen LogP contribution in [-0.2, 0) is 9.84 Å². The summed E-state index contributed by atoms with van der Waals surface area (Å²) in [6, 6.07) is -0.375. The molecule has 2 N–H and O–H groups in total. The third-order valence-corrected chi connectivity index (χ3v) is 4.15. The normalized spacial score (nSPS) is 29.1. The fourth-order valence-electron chi connectivity index (χ4n) is 1.61. The second-order valence-electron chi connectivity index (χ2n) is 4.36. The van der Waals surface area contributed by atoms with Gasteiger partial charge in [0.25, 0.3) is 0 Å². The molecule has 7 heteroatoms. The molecule has 88 valence electrons. The van der Waals surface area contributed by atoms with Crippen molar-refractivity contribution in [1.82, 2.24) is 15.8 Å². The Morgan fingerprint density at radius 3 is 2.40 bits per heavy atom. The summed E-state index contributed by atoms with van der Waals surface area (Å²) >= 11 is 0. The maximum atomic E-state index is 11.4. The number of carbonyl (C=O) groups is 1. The van der Waals surface area contributed by atoms with Crippen LogP contribution >= 0.6 is 0 Å². The number of hydrazine groups is 1. The van der Waals surface area contributed by atoms with E-state index in [4.69, 9.17) is 0 Å². The van der Waals surface area contributed by atoms with Crippen LogP contribution in [0.1, 0.15) is 13.3 Å². The summed E-state index contributed by atoms with van der Waals surface area (Å²) in [7, 11) is 0.391. The van der Waals surface area contributed by atoms with Gasteiger partial charge in [-0.25, -0.2) is 18.2 Å². The zero-order valence-electron chi connectivity index (χ0n) is 9.20. The third kappa shape index (κ3) is 3.67. The van der Waals surface area contributed by atoms with E-state index < -0.39 is 15.4 Å². The van der Waals surface area contributed by atoms with Crippen LogP contribution in [0.2, 0.25) is 0 Å². The molecule has 2 amide bonds. The highest BCUT2D eigenvalue weighted by Gasteiger charge is 2.39. The van der Waals surface area contributed by atoms with Gasteiger partial charge in [0.15, 0.2) is 9.84 Å². The van der Waals surface area contributed by atoms with Crippen LogP contribution in [-0.4, -0.2) is 50.6 Å². The van der Waals surface area contributed by atoms with Crippen LogP contribution in [0.3, 0.4) is 0 Å². The van der Waals surface area contributed by atoms with Crippen molar-refractivity contribution in [2.75, 3.05) is 25.6 Å². The summed E-state index contributed by atoms with van der Waals surface area (Å²) in [5, 5.41) is 4.17. The van der Waals surface area contributed by atoms with Gasteiger partial charge in [-0.15, -0.1) is 0 Å². The first-order valence-corrected chi connectivity index (χ1v) is 6.51. The van der Waals surface area contributed by atoms with Gasteiger partial charge in [0.1, 0.15) is 0 Å². The lowest BCUT2D eigenvalue weighted by Crippen LogP contribution is -2.53. The number of urea groups is 1. The average Bonchev–Trinajstić information content (AvgIpc) is 2.22. The first-order valence-electron chi connectivity index (χ1n) is 4.69. The minimum atomic E-state index is -2.98. The molecule has 0 spiro atoms. The summed E-state index contributed by atoms with van der Waals surface area (Å²) in [4.78, 5) is 11.4. The molecule has 6 nitrogen and oxygen atoms in total. The molecule has 1 saturated heterocycles. The standard InChI is InChI=1S/C8H17N3O3S/c1-8(4-5-15(13,14)6-8)9-7(12)10-11(2)3/h4-6H2,1-3H3,(H2,9,10,12). The topological polar surface area (TPSA) is 78.5 Å². The van der Waals surface area contributed by atoms with Crippen molar-refractivity contribution in [2.24, 2.45) is 0 Å². The SMILES string of the molecule is CN(C)NC(=O)NC1(C)CCS(=O)(=O)C1. The zero-order valence-corrected chi connectivity index (χ0v) is 10.0. The lowest BCUT2D eigenvalue weighted by molar-refractivity contribution is 0.202. The maximum absolute atomic E-state index is 11.4. The van der Waals surface area contributed by atoms with Crippen molar-refractivity contribution in [1.29, 1.82) is 0 Å². The summed E-state index contributed by atoms with van der Waals surface area (Å²) in [5.74, 6) is 0.159. The van der Waals surface area contributed by atoms with E-state index in [1.807, 2.05) is 0 Å². The number of carbonyl (C=O) groups excluding carboxylic acids is 1. The largest absolute Gasteiger partial charge is 0.331 e. The van der Waals surface area contributed by atoms with Gasteiger partial charge in [-0.2, -0.15) is 0 Å². The van der Waals surface area contributed by atoms with E-state index in [2.05, 4.69) is 10.7 Å². The van der Waals surface area contributed by atoms with Gasteiger partial charge < -0.3 is 5.32 Å². The molecular formula is C8H17N3O3S. The minimum absolute atomic E-state index is 0.0147. The molecule has 0 aromatic rings. The highest BCUT2D eigenvalue weighted by molar-refractivity contribution is 7.91. The lowest BCUT2D eigenvalue weighted by Gasteiger charge is -2.25. The summed E-state index contributed by atoms with van der Waals surface area (Å²) in [6.45, 7) is 1.74. The van der Waals surface area contributed by atoms with Gasteiger partial charge in [-0.05, 0) is 13.3 Å². The maximum Gasteiger partial charge on any atom is 0.329 e. The Morgan fingerprint density at radius 2 is 2.00 bits per heavy atom. The molecule has 1 heterocycles.